The molecule has 20 heavy (non-hydrogen) atoms. The van der Waals surface area contributed by atoms with Crippen molar-refractivity contribution in [3.8, 4) is 0 Å². The second-order valence-corrected chi connectivity index (χ2v) is 5.93. The molecule has 2 N–H and O–H groups in total. The van der Waals surface area contributed by atoms with E-state index >= 15 is 0 Å². The lowest BCUT2D eigenvalue weighted by molar-refractivity contribution is -0.147. The van der Waals surface area contributed by atoms with E-state index < -0.39 is 5.41 Å². The molecule has 1 radical (unpaired) electrons. The van der Waals surface area contributed by atoms with Gasteiger partial charge in [-0.3, -0.25) is 14.9 Å². The molecule has 2 aliphatic heterocycles. The Kier molecular flexibility index (Phi) is 3.74. The Morgan fingerprint density at radius 3 is 2.55 bits per heavy atom. The second kappa shape index (κ2) is 5.52. The van der Waals surface area contributed by atoms with Crippen LogP contribution in [-0.4, -0.2) is 24.9 Å². The maximum absolute atomic E-state index is 12.7. The van der Waals surface area contributed by atoms with Crippen molar-refractivity contribution in [3.05, 3.63) is 30.7 Å². The highest BCUT2D eigenvalue weighted by molar-refractivity contribution is 6.01. The van der Waals surface area contributed by atoms with Crippen LogP contribution >= 0.6 is 0 Å². The third kappa shape index (κ3) is 2.22. The first-order chi connectivity index (χ1) is 9.73. The Labute approximate surface area is 119 Å². The van der Waals surface area contributed by atoms with Gasteiger partial charge >= 0.3 is 0 Å². The molecule has 4 nitrogen and oxygen atoms in total. The predicted molar refractivity (Wildman–Crippen MR) is 76.5 cm³/mol. The molecule has 0 aromatic carbocycles. The number of hydrogen-bond acceptors (Lipinski definition) is 3. The minimum absolute atomic E-state index is 0.0677. The van der Waals surface area contributed by atoms with Crippen molar-refractivity contribution in [1.82, 2.24) is 10.6 Å². The summed E-state index contributed by atoms with van der Waals surface area (Å²) < 4.78 is 0. The van der Waals surface area contributed by atoms with Crippen LogP contribution in [0.4, 0.5) is 0 Å². The number of imide groups is 1. The summed E-state index contributed by atoms with van der Waals surface area (Å²) in [4.78, 5) is 24.2. The Balaban J connectivity index is 1.93. The van der Waals surface area contributed by atoms with Gasteiger partial charge in [0.1, 0.15) is 0 Å². The summed E-state index contributed by atoms with van der Waals surface area (Å²) in [5.41, 5.74) is -0.447. The van der Waals surface area contributed by atoms with Crippen molar-refractivity contribution in [2.45, 2.75) is 25.7 Å². The molecule has 4 heteroatoms. The van der Waals surface area contributed by atoms with Crippen molar-refractivity contribution >= 4 is 11.8 Å². The van der Waals surface area contributed by atoms with Gasteiger partial charge in [-0.05, 0) is 50.6 Å². The third-order valence-electron chi connectivity index (χ3n) is 4.96. The molecular formula is C16H21N2O2. The first kappa shape index (κ1) is 13.6. The molecule has 0 aromatic heterocycles. The van der Waals surface area contributed by atoms with Gasteiger partial charge in [-0.1, -0.05) is 24.3 Å². The van der Waals surface area contributed by atoms with Crippen LogP contribution in [-0.2, 0) is 9.59 Å². The van der Waals surface area contributed by atoms with Gasteiger partial charge in [-0.15, -0.1) is 0 Å². The van der Waals surface area contributed by atoms with Crippen molar-refractivity contribution < 1.29 is 9.59 Å². The van der Waals surface area contributed by atoms with Gasteiger partial charge in [0.25, 0.3) is 0 Å². The van der Waals surface area contributed by atoms with E-state index in [4.69, 9.17) is 0 Å². The van der Waals surface area contributed by atoms with Crippen LogP contribution in [0.2, 0.25) is 0 Å². The van der Waals surface area contributed by atoms with Gasteiger partial charge < -0.3 is 5.32 Å². The highest BCUT2D eigenvalue weighted by Crippen LogP contribution is 2.48. The first-order valence-corrected chi connectivity index (χ1v) is 7.47. The van der Waals surface area contributed by atoms with Crippen molar-refractivity contribution in [1.29, 1.82) is 0 Å². The molecule has 2 unspecified atom stereocenters. The number of nitrogens with one attached hydrogen (secondary N) is 2. The lowest BCUT2D eigenvalue weighted by Gasteiger charge is -2.47. The molecule has 0 aromatic rings. The summed E-state index contributed by atoms with van der Waals surface area (Å²) in [7, 11) is 0. The molecular weight excluding hydrogens is 252 g/mol. The molecule has 2 amide bonds. The van der Waals surface area contributed by atoms with E-state index in [1.54, 1.807) is 0 Å². The Bertz CT molecular complexity index is 463. The van der Waals surface area contributed by atoms with Crippen LogP contribution in [0.15, 0.2) is 24.3 Å². The topological polar surface area (TPSA) is 58.2 Å². The van der Waals surface area contributed by atoms with E-state index in [0.717, 1.165) is 25.9 Å². The molecule has 2 saturated heterocycles. The quantitative estimate of drug-likeness (QED) is 0.747. The second-order valence-electron chi connectivity index (χ2n) is 5.93. The molecule has 0 saturated carbocycles. The van der Waals surface area contributed by atoms with E-state index in [0.29, 0.717) is 18.8 Å². The number of allylic oxidation sites excluding steroid dienone is 4. The van der Waals surface area contributed by atoms with Gasteiger partial charge in [0.15, 0.2) is 0 Å². The number of piperidine rings is 2. The summed E-state index contributed by atoms with van der Waals surface area (Å²) in [6, 6.07) is 0. The zero-order valence-electron chi connectivity index (χ0n) is 11.6. The Hall–Kier alpha value is -1.42. The lowest BCUT2D eigenvalue weighted by atomic mass is 9.58. The summed E-state index contributed by atoms with van der Waals surface area (Å²) in [5.74, 6) is 0.245. The van der Waals surface area contributed by atoms with Crippen molar-refractivity contribution in [2.24, 2.45) is 17.3 Å². The van der Waals surface area contributed by atoms with Gasteiger partial charge in [0, 0.05) is 6.42 Å². The Morgan fingerprint density at radius 1 is 1.10 bits per heavy atom. The van der Waals surface area contributed by atoms with Gasteiger partial charge in [-0.25, -0.2) is 0 Å². The van der Waals surface area contributed by atoms with E-state index in [1.807, 2.05) is 18.2 Å². The summed E-state index contributed by atoms with van der Waals surface area (Å²) in [6.07, 6.45) is 13.4. The number of carbonyl (C=O) groups excluding carboxylic acids is 2. The highest BCUT2D eigenvalue weighted by Gasteiger charge is 2.52. The van der Waals surface area contributed by atoms with Crippen LogP contribution in [0.5, 0.6) is 0 Å². The van der Waals surface area contributed by atoms with E-state index in [2.05, 4.69) is 23.1 Å². The smallest absolute Gasteiger partial charge is 0.233 e. The summed E-state index contributed by atoms with van der Waals surface area (Å²) in [5, 5.41) is 5.95. The fourth-order valence-electron chi connectivity index (χ4n) is 3.90. The SMILES string of the molecule is O=C1CCC(C2[CH]C=CC=C2)(C2CCNCC2)C(=O)N1. The first-order valence-electron chi connectivity index (χ1n) is 7.47. The minimum Gasteiger partial charge on any atom is -0.317 e. The van der Waals surface area contributed by atoms with E-state index in [9.17, 15) is 9.59 Å². The monoisotopic (exact) mass is 273 g/mol. The average Bonchev–Trinajstić information content (AvgIpc) is 2.50. The third-order valence-corrected chi connectivity index (χ3v) is 4.96. The van der Waals surface area contributed by atoms with Crippen molar-refractivity contribution in [2.75, 3.05) is 13.1 Å². The molecule has 0 spiro atoms. The van der Waals surface area contributed by atoms with Crippen LogP contribution < -0.4 is 10.6 Å². The fourth-order valence-corrected chi connectivity index (χ4v) is 3.90. The molecule has 2 atom stereocenters. The average molecular weight is 273 g/mol. The molecule has 107 valence electrons. The maximum atomic E-state index is 12.7. The van der Waals surface area contributed by atoms with Crippen LogP contribution in [0.1, 0.15) is 25.7 Å². The number of carbonyl (C=O) groups is 2. The van der Waals surface area contributed by atoms with Gasteiger partial charge in [0.05, 0.1) is 5.41 Å². The van der Waals surface area contributed by atoms with Crippen LogP contribution in [0.3, 0.4) is 0 Å². The van der Waals surface area contributed by atoms with Crippen molar-refractivity contribution in [3.63, 3.8) is 0 Å². The number of amides is 2. The lowest BCUT2D eigenvalue weighted by Crippen LogP contribution is -2.57. The zero-order valence-corrected chi connectivity index (χ0v) is 11.6. The van der Waals surface area contributed by atoms with Crippen LogP contribution in [0.25, 0.3) is 0 Å². The van der Waals surface area contributed by atoms with E-state index in [1.165, 1.54) is 0 Å². The highest BCUT2D eigenvalue weighted by atomic mass is 16.2. The van der Waals surface area contributed by atoms with Crippen LogP contribution in [0, 0.1) is 23.7 Å². The number of rotatable bonds is 2. The maximum Gasteiger partial charge on any atom is 0.233 e. The Morgan fingerprint density at radius 2 is 1.90 bits per heavy atom. The summed E-state index contributed by atoms with van der Waals surface area (Å²) in [6.45, 7) is 1.92. The molecule has 3 rings (SSSR count). The normalized spacial score (nSPS) is 35.1. The molecule has 3 aliphatic rings. The van der Waals surface area contributed by atoms with Gasteiger partial charge in [0.2, 0.25) is 11.8 Å². The fraction of sp³-hybridized carbons (Fsp3) is 0.562. The molecule has 2 heterocycles. The van der Waals surface area contributed by atoms with E-state index in [-0.39, 0.29) is 17.7 Å². The summed E-state index contributed by atoms with van der Waals surface area (Å²) >= 11 is 0. The standard InChI is InChI=1S/C16H21N2O2/c19-14-6-9-16(15(20)18-14,12-4-2-1-3-5-12)13-7-10-17-11-8-13/h1-5,12-13,17H,6-11H2,(H,18,19,20). The number of hydrogen-bond donors (Lipinski definition) is 2. The minimum atomic E-state index is -0.447. The predicted octanol–water partition coefficient (Wildman–Crippen LogP) is 1.36. The molecule has 1 aliphatic carbocycles. The largest absolute Gasteiger partial charge is 0.317 e. The molecule has 2 fully saturated rings. The van der Waals surface area contributed by atoms with Gasteiger partial charge in [-0.2, -0.15) is 0 Å². The molecule has 0 bridgehead atoms. The zero-order chi connectivity index (χ0) is 14.0.